The predicted octanol–water partition coefficient (Wildman–Crippen LogP) is 3.11. The highest BCUT2D eigenvalue weighted by Crippen LogP contribution is 2.38. The molecule has 0 bridgehead atoms. The molecule has 0 heterocycles. The standard InChI is InChI=1S/C14H10O3/c15-9-4-5-10-11(7-9)13(17)6-8-2-1-3-12(16)14(8)10/h1-7,15-17H. The van der Waals surface area contributed by atoms with Crippen molar-refractivity contribution in [1.82, 2.24) is 0 Å². The van der Waals surface area contributed by atoms with Gasteiger partial charge in [0.25, 0.3) is 0 Å². The number of phenols is 3. The molecule has 0 radical (unpaired) electrons. The fourth-order valence-electron chi connectivity index (χ4n) is 2.16. The van der Waals surface area contributed by atoms with Crippen LogP contribution in [0.25, 0.3) is 21.5 Å². The van der Waals surface area contributed by atoms with E-state index < -0.39 is 0 Å². The van der Waals surface area contributed by atoms with Gasteiger partial charge < -0.3 is 15.3 Å². The summed E-state index contributed by atoms with van der Waals surface area (Å²) in [6.45, 7) is 0. The van der Waals surface area contributed by atoms with Gasteiger partial charge >= 0.3 is 0 Å². The Balaban J connectivity index is 2.63. The Bertz CT molecular complexity index is 732. The molecule has 0 fully saturated rings. The summed E-state index contributed by atoms with van der Waals surface area (Å²) < 4.78 is 0. The molecule has 0 aromatic heterocycles. The topological polar surface area (TPSA) is 60.7 Å². The van der Waals surface area contributed by atoms with Crippen molar-refractivity contribution in [2.24, 2.45) is 0 Å². The maximum absolute atomic E-state index is 9.89. The van der Waals surface area contributed by atoms with Crippen LogP contribution in [0.4, 0.5) is 0 Å². The molecule has 3 aromatic carbocycles. The average Bonchev–Trinajstić information content (AvgIpc) is 2.30. The molecule has 3 nitrogen and oxygen atoms in total. The molecule has 0 aliphatic heterocycles. The van der Waals surface area contributed by atoms with Gasteiger partial charge in [-0.05, 0) is 41.1 Å². The first-order valence-electron chi connectivity index (χ1n) is 5.23. The van der Waals surface area contributed by atoms with Crippen molar-refractivity contribution >= 4 is 21.5 Å². The lowest BCUT2D eigenvalue weighted by Gasteiger charge is -2.08. The number of aromatic hydroxyl groups is 3. The summed E-state index contributed by atoms with van der Waals surface area (Å²) in [6.07, 6.45) is 0. The predicted molar refractivity (Wildman–Crippen MR) is 66.4 cm³/mol. The van der Waals surface area contributed by atoms with Crippen molar-refractivity contribution in [2.75, 3.05) is 0 Å². The van der Waals surface area contributed by atoms with Crippen LogP contribution in [0, 0.1) is 0 Å². The maximum Gasteiger partial charge on any atom is 0.124 e. The van der Waals surface area contributed by atoms with E-state index in [1.165, 1.54) is 12.1 Å². The first-order chi connectivity index (χ1) is 8.16. The van der Waals surface area contributed by atoms with E-state index >= 15 is 0 Å². The molecular formula is C14H10O3. The van der Waals surface area contributed by atoms with Gasteiger partial charge in [-0.2, -0.15) is 0 Å². The van der Waals surface area contributed by atoms with Crippen LogP contribution in [-0.2, 0) is 0 Å². The molecule has 0 atom stereocenters. The first kappa shape index (κ1) is 9.78. The largest absolute Gasteiger partial charge is 0.508 e. The lowest BCUT2D eigenvalue weighted by Crippen LogP contribution is -1.80. The summed E-state index contributed by atoms with van der Waals surface area (Å²) in [7, 11) is 0. The minimum absolute atomic E-state index is 0.0857. The summed E-state index contributed by atoms with van der Waals surface area (Å²) in [5, 5.41) is 31.9. The molecule has 0 aliphatic carbocycles. The van der Waals surface area contributed by atoms with E-state index in [1.807, 2.05) is 6.07 Å². The van der Waals surface area contributed by atoms with Gasteiger partial charge in [-0.15, -0.1) is 0 Å². The van der Waals surface area contributed by atoms with Crippen LogP contribution in [0.15, 0.2) is 42.5 Å². The van der Waals surface area contributed by atoms with E-state index in [-0.39, 0.29) is 17.2 Å². The highest BCUT2D eigenvalue weighted by Gasteiger charge is 2.09. The van der Waals surface area contributed by atoms with Crippen molar-refractivity contribution < 1.29 is 15.3 Å². The van der Waals surface area contributed by atoms with Gasteiger partial charge in [0, 0.05) is 10.8 Å². The van der Waals surface area contributed by atoms with Crippen molar-refractivity contribution in [2.45, 2.75) is 0 Å². The van der Waals surface area contributed by atoms with Crippen LogP contribution in [0.1, 0.15) is 0 Å². The summed E-state index contributed by atoms with van der Waals surface area (Å²) in [5.74, 6) is 0.342. The van der Waals surface area contributed by atoms with Gasteiger partial charge in [0.2, 0.25) is 0 Å². The highest BCUT2D eigenvalue weighted by molar-refractivity contribution is 6.13. The molecular weight excluding hydrogens is 216 g/mol. The second kappa shape index (κ2) is 3.28. The van der Waals surface area contributed by atoms with Crippen molar-refractivity contribution in [3.8, 4) is 17.2 Å². The van der Waals surface area contributed by atoms with Gasteiger partial charge in [-0.25, -0.2) is 0 Å². The van der Waals surface area contributed by atoms with Crippen molar-refractivity contribution in [3.63, 3.8) is 0 Å². The van der Waals surface area contributed by atoms with E-state index in [9.17, 15) is 15.3 Å². The first-order valence-corrected chi connectivity index (χ1v) is 5.23. The van der Waals surface area contributed by atoms with Crippen molar-refractivity contribution in [1.29, 1.82) is 0 Å². The molecule has 3 aromatic rings. The maximum atomic E-state index is 9.89. The molecule has 0 saturated heterocycles. The highest BCUT2D eigenvalue weighted by atomic mass is 16.3. The molecule has 0 saturated carbocycles. The zero-order valence-corrected chi connectivity index (χ0v) is 8.88. The van der Waals surface area contributed by atoms with Crippen LogP contribution >= 0.6 is 0 Å². The fraction of sp³-hybridized carbons (Fsp3) is 0. The molecule has 3 rings (SSSR count). The third kappa shape index (κ3) is 1.36. The van der Waals surface area contributed by atoms with E-state index in [0.29, 0.717) is 10.8 Å². The summed E-state index contributed by atoms with van der Waals surface area (Å²) in [5.41, 5.74) is 0. The number of rotatable bonds is 0. The van der Waals surface area contributed by atoms with E-state index in [0.717, 1.165) is 10.8 Å². The quantitative estimate of drug-likeness (QED) is 0.516. The average molecular weight is 226 g/mol. The zero-order chi connectivity index (χ0) is 12.0. The van der Waals surface area contributed by atoms with Gasteiger partial charge in [-0.1, -0.05) is 12.1 Å². The van der Waals surface area contributed by atoms with Gasteiger partial charge in [0.15, 0.2) is 0 Å². The van der Waals surface area contributed by atoms with Crippen LogP contribution < -0.4 is 0 Å². The number of hydrogen-bond donors (Lipinski definition) is 3. The molecule has 0 spiro atoms. The minimum atomic E-state index is 0.0857. The van der Waals surface area contributed by atoms with Crippen LogP contribution in [-0.4, -0.2) is 15.3 Å². The summed E-state index contributed by atoms with van der Waals surface area (Å²) in [6, 6.07) is 11.4. The molecule has 3 heteroatoms. The Kier molecular flexibility index (Phi) is 1.89. The van der Waals surface area contributed by atoms with Gasteiger partial charge in [0.05, 0.1) is 0 Å². The Morgan fingerprint density at radius 3 is 2.35 bits per heavy atom. The Hall–Kier alpha value is -2.42. The van der Waals surface area contributed by atoms with Gasteiger partial charge in [0.1, 0.15) is 17.2 Å². The Morgan fingerprint density at radius 1 is 0.706 bits per heavy atom. The summed E-state index contributed by atoms with van der Waals surface area (Å²) in [4.78, 5) is 0. The number of fused-ring (bicyclic) bond motifs is 3. The second-order valence-corrected chi connectivity index (χ2v) is 4.00. The Morgan fingerprint density at radius 2 is 1.53 bits per heavy atom. The Labute approximate surface area is 97.2 Å². The van der Waals surface area contributed by atoms with E-state index in [4.69, 9.17) is 0 Å². The van der Waals surface area contributed by atoms with Crippen molar-refractivity contribution in [3.05, 3.63) is 42.5 Å². The smallest absolute Gasteiger partial charge is 0.124 e. The van der Waals surface area contributed by atoms with Crippen LogP contribution in [0.3, 0.4) is 0 Å². The molecule has 3 N–H and O–H groups in total. The molecule has 17 heavy (non-hydrogen) atoms. The van der Waals surface area contributed by atoms with Gasteiger partial charge in [-0.3, -0.25) is 0 Å². The number of benzene rings is 3. The van der Waals surface area contributed by atoms with Crippen LogP contribution in [0.2, 0.25) is 0 Å². The fourth-order valence-corrected chi connectivity index (χ4v) is 2.16. The van der Waals surface area contributed by atoms with Crippen LogP contribution in [0.5, 0.6) is 17.2 Å². The number of phenolic OH excluding ortho intramolecular Hbond substituents is 3. The third-order valence-corrected chi connectivity index (χ3v) is 2.92. The molecule has 0 unspecified atom stereocenters. The minimum Gasteiger partial charge on any atom is -0.508 e. The molecule has 0 amide bonds. The van der Waals surface area contributed by atoms with E-state index in [2.05, 4.69) is 0 Å². The normalized spacial score (nSPS) is 11.1. The summed E-state index contributed by atoms with van der Waals surface area (Å²) >= 11 is 0. The molecule has 0 aliphatic rings. The molecule has 84 valence electrons. The lowest BCUT2D eigenvalue weighted by atomic mass is 10.00. The third-order valence-electron chi connectivity index (χ3n) is 2.92. The monoisotopic (exact) mass is 226 g/mol. The van der Waals surface area contributed by atoms with E-state index in [1.54, 1.807) is 24.3 Å². The zero-order valence-electron chi connectivity index (χ0n) is 8.88. The lowest BCUT2D eigenvalue weighted by molar-refractivity contribution is 0.471. The number of hydrogen-bond acceptors (Lipinski definition) is 3. The second-order valence-electron chi connectivity index (χ2n) is 4.00. The SMILES string of the molecule is Oc1ccc2c(c1)c(O)cc1cccc(O)c12.